The summed E-state index contributed by atoms with van der Waals surface area (Å²) in [6, 6.07) is 5.68. The Morgan fingerprint density at radius 1 is 1.17 bits per heavy atom. The molecule has 0 saturated heterocycles. The van der Waals surface area contributed by atoms with Crippen LogP contribution in [-0.2, 0) is 0 Å². The highest BCUT2D eigenvalue weighted by Gasteiger charge is 2.32. The van der Waals surface area contributed by atoms with Crippen LogP contribution < -0.4 is 4.74 Å². The fourth-order valence-electron chi connectivity index (χ4n) is 3.09. The molecule has 1 aliphatic carbocycles. The first-order valence-electron chi connectivity index (χ1n) is 6.73. The van der Waals surface area contributed by atoms with Crippen molar-refractivity contribution in [3.63, 3.8) is 0 Å². The Labute approximate surface area is 116 Å². The first-order valence-corrected chi connectivity index (χ1v) is 7.53. The highest BCUT2D eigenvalue weighted by molar-refractivity contribution is 9.10. The van der Waals surface area contributed by atoms with Crippen molar-refractivity contribution in [3.05, 3.63) is 28.2 Å². The molecule has 1 aromatic rings. The first-order chi connectivity index (χ1) is 8.74. The van der Waals surface area contributed by atoms with Crippen molar-refractivity contribution in [2.75, 3.05) is 0 Å². The van der Waals surface area contributed by atoms with Gasteiger partial charge >= 0.3 is 0 Å². The second kappa shape index (κ2) is 5.04. The van der Waals surface area contributed by atoms with Gasteiger partial charge in [-0.15, -0.1) is 0 Å². The molecule has 2 aliphatic rings. The average molecular weight is 309 g/mol. The van der Waals surface area contributed by atoms with Gasteiger partial charge in [-0.25, -0.2) is 0 Å². The summed E-state index contributed by atoms with van der Waals surface area (Å²) >= 11 is 3.43. The molecule has 0 radical (unpaired) electrons. The van der Waals surface area contributed by atoms with Gasteiger partial charge < -0.3 is 4.74 Å². The van der Waals surface area contributed by atoms with E-state index >= 15 is 0 Å². The maximum Gasteiger partial charge on any atom is 0.170 e. The molecule has 3 rings (SSSR count). The van der Waals surface area contributed by atoms with E-state index in [1.54, 1.807) is 0 Å². The number of carbonyl (C=O) groups excluding carboxylic acids is 1. The molecule has 1 heterocycles. The summed E-state index contributed by atoms with van der Waals surface area (Å²) < 4.78 is 7.04. The Morgan fingerprint density at radius 2 is 1.94 bits per heavy atom. The van der Waals surface area contributed by atoms with Crippen molar-refractivity contribution in [2.45, 2.75) is 44.6 Å². The van der Waals surface area contributed by atoms with E-state index in [4.69, 9.17) is 4.74 Å². The summed E-state index contributed by atoms with van der Waals surface area (Å²) in [4.78, 5) is 12.2. The molecule has 1 fully saturated rings. The number of benzene rings is 1. The van der Waals surface area contributed by atoms with E-state index in [1.165, 1.54) is 32.1 Å². The highest BCUT2D eigenvalue weighted by Crippen LogP contribution is 2.36. The fraction of sp³-hybridized carbons (Fsp3) is 0.533. The van der Waals surface area contributed by atoms with Crippen LogP contribution in [0.15, 0.2) is 22.7 Å². The Balaban J connectivity index is 1.83. The number of halogens is 1. The van der Waals surface area contributed by atoms with Crippen LogP contribution in [0.25, 0.3) is 0 Å². The molecule has 1 aliphatic heterocycles. The van der Waals surface area contributed by atoms with Crippen LogP contribution in [0, 0.1) is 5.92 Å². The molecule has 1 aromatic carbocycles. The van der Waals surface area contributed by atoms with E-state index in [-0.39, 0.29) is 11.9 Å². The number of hydrogen-bond acceptors (Lipinski definition) is 2. The predicted molar refractivity (Wildman–Crippen MR) is 74.1 cm³/mol. The summed E-state index contributed by atoms with van der Waals surface area (Å²) in [6.07, 6.45) is 6.97. The maximum atomic E-state index is 12.2. The van der Waals surface area contributed by atoms with Gasteiger partial charge in [-0.05, 0) is 37.0 Å². The molecular formula is C15H17BrO2. The number of rotatable bonds is 1. The predicted octanol–water partition coefficient (Wildman–Crippen LogP) is 4.36. The Kier molecular flexibility index (Phi) is 3.42. The van der Waals surface area contributed by atoms with Gasteiger partial charge in [0.25, 0.3) is 0 Å². The summed E-state index contributed by atoms with van der Waals surface area (Å²) in [5, 5.41) is 0. The number of Topliss-reactive ketones (excluding diaryl/α,β-unsaturated/α-hetero) is 1. The number of ketones is 1. The van der Waals surface area contributed by atoms with Crippen molar-refractivity contribution in [3.8, 4) is 5.75 Å². The minimum Gasteiger partial charge on any atom is -0.489 e. The minimum absolute atomic E-state index is 0.0969. The van der Waals surface area contributed by atoms with Crippen molar-refractivity contribution in [1.82, 2.24) is 0 Å². The molecule has 96 valence electrons. The third kappa shape index (κ3) is 2.33. The van der Waals surface area contributed by atoms with Crippen LogP contribution in [0.5, 0.6) is 5.75 Å². The normalized spacial score (nSPS) is 24.5. The molecule has 0 aromatic heterocycles. The largest absolute Gasteiger partial charge is 0.489 e. The third-order valence-electron chi connectivity index (χ3n) is 4.08. The Morgan fingerprint density at radius 3 is 2.72 bits per heavy atom. The Hall–Kier alpha value is -0.830. The van der Waals surface area contributed by atoms with Crippen LogP contribution in [0.4, 0.5) is 0 Å². The molecule has 0 N–H and O–H groups in total. The number of fused-ring (bicyclic) bond motifs is 1. The molecule has 0 spiro atoms. The first kappa shape index (κ1) is 12.2. The van der Waals surface area contributed by atoms with Gasteiger partial charge in [-0.3, -0.25) is 4.79 Å². The zero-order valence-electron chi connectivity index (χ0n) is 10.3. The van der Waals surface area contributed by atoms with Gasteiger partial charge in [-0.1, -0.05) is 35.2 Å². The van der Waals surface area contributed by atoms with Crippen LogP contribution in [0.1, 0.15) is 48.9 Å². The van der Waals surface area contributed by atoms with Crippen molar-refractivity contribution < 1.29 is 9.53 Å². The fourth-order valence-corrected chi connectivity index (χ4v) is 3.43. The van der Waals surface area contributed by atoms with Gasteiger partial charge in [0.1, 0.15) is 11.9 Å². The summed E-state index contributed by atoms with van der Waals surface area (Å²) in [7, 11) is 0. The van der Waals surface area contributed by atoms with Gasteiger partial charge in [0, 0.05) is 10.9 Å². The molecule has 3 heteroatoms. The average Bonchev–Trinajstić information content (AvgIpc) is 2.39. The van der Waals surface area contributed by atoms with Gasteiger partial charge in [0.05, 0.1) is 5.56 Å². The lowest BCUT2D eigenvalue weighted by Gasteiger charge is -2.33. The van der Waals surface area contributed by atoms with E-state index in [9.17, 15) is 4.79 Å². The zero-order chi connectivity index (χ0) is 12.5. The van der Waals surface area contributed by atoms with E-state index < -0.39 is 0 Å². The highest BCUT2D eigenvalue weighted by atomic mass is 79.9. The lowest BCUT2D eigenvalue weighted by molar-refractivity contribution is 0.0655. The molecule has 18 heavy (non-hydrogen) atoms. The van der Waals surface area contributed by atoms with Crippen molar-refractivity contribution >= 4 is 21.7 Å². The number of carbonyl (C=O) groups is 1. The topological polar surface area (TPSA) is 26.3 Å². The molecule has 1 saturated carbocycles. The van der Waals surface area contributed by atoms with Crippen LogP contribution in [0.3, 0.4) is 0 Å². The molecule has 1 atom stereocenters. The molecule has 0 amide bonds. The summed E-state index contributed by atoms with van der Waals surface area (Å²) in [6.45, 7) is 0. The van der Waals surface area contributed by atoms with Gasteiger partial charge in [0.2, 0.25) is 0 Å². The van der Waals surface area contributed by atoms with Crippen LogP contribution in [-0.4, -0.2) is 11.9 Å². The van der Waals surface area contributed by atoms with Gasteiger partial charge in [0.15, 0.2) is 5.78 Å². The molecule has 2 nitrogen and oxygen atoms in total. The van der Waals surface area contributed by atoms with Gasteiger partial charge in [-0.2, -0.15) is 0 Å². The minimum atomic E-state index is 0.0969. The SMILES string of the molecule is O=C1CC(C2CCCCC2)Oc2cc(Br)ccc21. The molecule has 1 unspecified atom stereocenters. The van der Waals surface area contributed by atoms with E-state index in [2.05, 4.69) is 15.9 Å². The Bertz CT molecular complexity index is 464. The summed E-state index contributed by atoms with van der Waals surface area (Å²) in [5.74, 6) is 1.56. The lowest BCUT2D eigenvalue weighted by Crippen LogP contribution is -2.34. The molecule has 0 bridgehead atoms. The van der Waals surface area contributed by atoms with Crippen molar-refractivity contribution in [2.24, 2.45) is 5.92 Å². The standard InChI is InChI=1S/C15H17BrO2/c16-11-6-7-12-13(17)9-14(18-15(12)8-11)10-4-2-1-3-5-10/h6-8,10,14H,1-5,9H2. The van der Waals surface area contributed by atoms with E-state index in [0.29, 0.717) is 12.3 Å². The number of hydrogen-bond donors (Lipinski definition) is 0. The van der Waals surface area contributed by atoms with Crippen LogP contribution in [0.2, 0.25) is 0 Å². The smallest absolute Gasteiger partial charge is 0.170 e. The second-order valence-electron chi connectivity index (χ2n) is 5.32. The zero-order valence-corrected chi connectivity index (χ0v) is 11.9. The number of ether oxygens (including phenoxy) is 1. The monoisotopic (exact) mass is 308 g/mol. The quantitative estimate of drug-likeness (QED) is 0.770. The lowest BCUT2D eigenvalue weighted by atomic mass is 9.82. The van der Waals surface area contributed by atoms with Crippen LogP contribution >= 0.6 is 15.9 Å². The van der Waals surface area contributed by atoms with Crippen molar-refractivity contribution in [1.29, 1.82) is 0 Å². The molecular weight excluding hydrogens is 292 g/mol. The maximum absolute atomic E-state index is 12.2. The second-order valence-corrected chi connectivity index (χ2v) is 6.24. The third-order valence-corrected chi connectivity index (χ3v) is 4.58. The van der Waals surface area contributed by atoms with E-state index in [1.807, 2.05) is 18.2 Å². The van der Waals surface area contributed by atoms with E-state index in [0.717, 1.165) is 15.8 Å². The summed E-state index contributed by atoms with van der Waals surface area (Å²) in [5.41, 5.74) is 0.741.